The van der Waals surface area contributed by atoms with Crippen LogP contribution < -0.4 is 10.6 Å². The number of hydrogen-bond acceptors (Lipinski definition) is 2. The van der Waals surface area contributed by atoms with Crippen molar-refractivity contribution >= 4 is 11.9 Å². The quantitative estimate of drug-likeness (QED) is 0.601. The Morgan fingerprint density at radius 2 is 1.92 bits per heavy atom. The highest BCUT2D eigenvalue weighted by Crippen LogP contribution is 2.38. The van der Waals surface area contributed by atoms with Gasteiger partial charge in [0.05, 0.1) is 12.0 Å². The summed E-state index contributed by atoms with van der Waals surface area (Å²) in [7, 11) is 3.54. The molecule has 1 fully saturated rings. The van der Waals surface area contributed by atoms with Crippen molar-refractivity contribution in [2.24, 2.45) is 10.4 Å². The van der Waals surface area contributed by atoms with Gasteiger partial charge in [0.15, 0.2) is 5.96 Å². The molecular weight excluding hydrogens is 338 g/mol. The van der Waals surface area contributed by atoms with E-state index in [0.717, 1.165) is 43.9 Å². The molecule has 26 heavy (non-hydrogen) atoms. The molecule has 0 saturated heterocycles. The van der Waals surface area contributed by atoms with Gasteiger partial charge in [-0.05, 0) is 38.0 Å². The van der Waals surface area contributed by atoms with Gasteiger partial charge in [-0.15, -0.1) is 0 Å². The van der Waals surface area contributed by atoms with Crippen molar-refractivity contribution in [1.82, 2.24) is 15.5 Å². The first-order valence-corrected chi connectivity index (χ1v) is 9.06. The SMILES string of the molecule is CCNC(=NCc1cc(F)ccc1F)NCC1(C(=O)N(C)C)CCCC1. The molecule has 1 aliphatic carbocycles. The fourth-order valence-corrected chi connectivity index (χ4v) is 3.42. The Balaban J connectivity index is 2.09. The van der Waals surface area contributed by atoms with Crippen LogP contribution in [0.5, 0.6) is 0 Å². The second-order valence-corrected chi connectivity index (χ2v) is 6.97. The molecule has 0 aliphatic heterocycles. The zero-order valence-electron chi connectivity index (χ0n) is 15.7. The molecule has 0 spiro atoms. The van der Waals surface area contributed by atoms with Crippen molar-refractivity contribution in [2.75, 3.05) is 27.2 Å². The van der Waals surface area contributed by atoms with E-state index < -0.39 is 17.0 Å². The maximum Gasteiger partial charge on any atom is 0.230 e. The summed E-state index contributed by atoms with van der Waals surface area (Å²) in [6, 6.07) is 3.34. The lowest BCUT2D eigenvalue weighted by Crippen LogP contribution is -2.49. The number of guanidine groups is 1. The molecule has 2 N–H and O–H groups in total. The molecule has 1 saturated carbocycles. The van der Waals surface area contributed by atoms with E-state index in [4.69, 9.17) is 0 Å². The Kier molecular flexibility index (Phi) is 6.94. The van der Waals surface area contributed by atoms with E-state index in [1.807, 2.05) is 6.92 Å². The first-order chi connectivity index (χ1) is 12.4. The summed E-state index contributed by atoms with van der Waals surface area (Å²) >= 11 is 0. The first-order valence-electron chi connectivity index (χ1n) is 9.06. The van der Waals surface area contributed by atoms with E-state index in [9.17, 15) is 13.6 Å². The monoisotopic (exact) mass is 366 g/mol. The van der Waals surface area contributed by atoms with Crippen molar-refractivity contribution in [2.45, 2.75) is 39.2 Å². The number of carbonyl (C=O) groups excluding carboxylic acids is 1. The summed E-state index contributed by atoms with van der Waals surface area (Å²) in [6.45, 7) is 3.05. The minimum Gasteiger partial charge on any atom is -0.357 e. The number of benzene rings is 1. The molecule has 5 nitrogen and oxygen atoms in total. The van der Waals surface area contributed by atoms with Crippen LogP contribution in [0.1, 0.15) is 38.2 Å². The molecule has 0 bridgehead atoms. The summed E-state index contributed by atoms with van der Waals surface area (Å²) in [4.78, 5) is 18.6. The molecule has 7 heteroatoms. The van der Waals surface area contributed by atoms with Crippen molar-refractivity contribution in [3.05, 3.63) is 35.4 Å². The second kappa shape index (κ2) is 8.96. The summed E-state index contributed by atoms with van der Waals surface area (Å²) in [5, 5.41) is 6.31. The summed E-state index contributed by atoms with van der Waals surface area (Å²) in [5.41, 5.74) is -0.230. The number of halogens is 2. The molecule has 144 valence electrons. The van der Waals surface area contributed by atoms with Gasteiger partial charge in [0, 0.05) is 32.7 Å². The van der Waals surface area contributed by atoms with Gasteiger partial charge < -0.3 is 15.5 Å². The van der Waals surface area contributed by atoms with Gasteiger partial charge in [-0.2, -0.15) is 0 Å². The number of aliphatic imine (C=N–C) groups is 1. The van der Waals surface area contributed by atoms with Gasteiger partial charge in [0.2, 0.25) is 5.91 Å². The van der Waals surface area contributed by atoms with Crippen LogP contribution in [0.3, 0.4) is 0 Å². The van der Waals surface area contributed by atoms with E-state index in [0.29, 0.717) is 19.0 Å². The van der Waals surface area contributed by atoms with Gasteiger partial charge in [0.1, 0.15) is 11.6 Å². The third kappa shape index (κ3) is 4.93. The Hall–Kier alpha value is -2.18. The minimum absolute atomic E-state index is 0.0214. The fraction of sp³-hybridized carbons (Fsp3) is 0.579. The van der Waals surface area contributed by atoms with Crippen LogP contribution in [-0.4, -0.2) is 44.0 Å². The van der Waals surface area contributed by atoms with E-state index in [1.165, 1.54) is 0 Å². The Bertz CT molecular complexity index is 655. The highest BCUT2D eigenvalue weighted by Gasteiger charge is 2.42. The molecule has 0 aromatic heterocycles. The van der Waals surface area contributed by atoms with E-state index in [1.54, 1.807) is 19.0 Å². The van der Waals surface area contributed by atoms with Crippen LogP contribution in [0, 0.1) is 17.0 Å². The predicted molar refractivity (Wildman–Crippen MR) is 98.8 cm³/mol. The smallest absolute Gasteiger partial charge is 0.230 e. The number of rotatable bonds is 6. The van der Waals surface area contributed by atoms with E-state index in [-0.39, 0.29) is 18.0 Å². The predicted octanol–water partition coefficient (Wildman–Crippen LogP) is 2.67. The van der Waals surface area contributed by atoms with Crippen LogP contribution in [-0.2, 0) is 11.3 Å². The van der Waals surface area contributed by atoms with Crippen LogP contribution in [0.25, 0.3) is 0 Å². The lowest BCUT2D eigenvalue weighted by atomic mass is 9.84. The average Bonchev–Trinajstić information content (AvgIpc) is 3.09. The molecule has 0 atom stereocenters. The van der Waals surface area contributed by atoms with Gasteiger partial charge >= 0.3 is 0 Å². The lowest BCUT2D eigenvalue weighted by Gasteiger charge is -2.31. The largest absolute Gasteiger partial charge is 0.357 e. The molecule has 0 heterocycles. The van der Waals surface area contributed by atoms with Crippen molar-refractivity contribution in [3.63, 3.8) is 0 Å². The molecular formula is C19H28F2N4O. The summed E-state index contributed by atoms with van der Waals surface area (Å²) < 4.78 is 27.1. The fourth-order valence-electron chi connectivity index (χ4n) is 3.42. The number of nitrogens with one attached hydrogen (secondary N) is 2. The van der Waals surface area contributed by atoms with Crippen LogP contribution in [0.15, 0.2) is 23.2 Å². The molecule has 1 aliphatic rings. The van der Waals surface area contributed by atoms with Crippen LogP contribution in [0.4, 0.5) is 8.78 Å². The third-order valence-electron chi connectivity index (χ3n) is 4.77. The maximum atomic E-state index is 13.8. The van der Waals surface area contributed by atoms with Gasteiger partial charge in [-0.25, -0.2) is 13.8 Å². The normalized spacial score (nSPS) is 16.4. The number of hydrogen-bond donors (Lipinski definition) is 2. The number of carbonyl (C=O) groups is 1. The Labute approximate surface area is 153 Å². The molecule has 0 unspecified atom stereocenters. The Morgan fingerprint density at radius 1 is 1.23 bits per heavy atom. The van der Waals surface area contributed by atoms with Gasteiger partial charge in [-0.3, -0.25) is 4.79 Å². The highest BCUT2D eigenvalue weighted by atomic mass is 19.1. The molecule has 1 aromatic rings. The third-order valence-corrected chi connectivity index (χ3v) is 4.77. The highest BCUT2D eigenvalue weighted by molar-refractivity contribution is 5.85. The van der Waals surface area contributed by atoms with Gasteiger partial charge in [0.25, 0.3) is 0 Å². The van der Waals surface area contributed by atoms with E-state index >= 15 is 0 Å². The average molecular weight is 366 g/mol. The van der Waals surface area contributed by atoms with Crippen molar-refractivity contribution < 1.29 is 13.6 Å². The Morgan fingerprint density at radius 3 is 2.54 bits per heavy atom. The zero-order valence-corrected chi connectivity index (χ0v) is 15.7. The van der Waals surface area contributed by atoms with Crippen molar-refractivity contribution in [3.8, 4) is 0 Å². The lowest BCUT2D eigenvalue weighted by molar-refractivity contribution is -0.138. The van der Waals surface area contributed by atoms with Crippen LogP contribution >= 0.6 is 0 Å². The second-order valence-electron chi connectivity index (χ2n) is 6.97. The standard InChI is InChI=1S/C19H28F2N4O/c1-4-22-18(23-12-14-11-15(20)7-8-16(14)21)24-13-19(9-5-6-10-19)17(26)25(2)3/h7-8,11H,4-6,9-10,12-13H2,1-3H3,(H2,22,23,24). The van der Waals surface area contributed by atoms with Gasteiger partial charge in [-0.1, -0.05) is 12.8 Å². The van der Waals surface area contributed by atoms with Crippen molar-refractivity contribution in [1.29, 1.82) is 0 Å². The number of amides is 1. The van der Waals surface area contributed by atoms with E-state index in [2.05, 4.69) is 15.6 Å². The molecule has 0 radical (unpaired) electrons. The zero-order chi connectivity index (χ0) is 19.2. The number of nitrogens with zero attached hydrogens (tertiary/aromatic N) is 2. The molecule has 1 aromatic carbocycles. The first kappa shape index (κ1) is 20.1. The molecule has 2 rings (SSSR count). The summed E-state index contributed by atoms with van der Waals surface area (Å²) in [5.74, 6) is -0.361. The molecule has 1 amide bonds. The van der Waals surface area contributed by atoms with Crippen LogP contribution in [0.2, 0.25) is 0 Å². The minimum atomic E-state index is -0.490. The summed E-state index contributed by atoms with van der Waals surface area (Å²) in [6.07, 6.45) is 3.75. The topological polar surface area (TPSA) is 56.7 Å². The maximum absolute atomic E-state index is 13.8.